The zero-order valence-corrected chi connectivity index (χ0v) is 20.9. The Hall–Kier alpha value is -2.48. The van der Waals surface area contributed by atoms with Gasteiger partial charge in [0.05, 0.1) is 0 Å². The number of rotatable bonds is 9. The number of terminal acetylenes is 1. The van der Waals surface area contributed by atoms with Crippen molar-refractivity contribution in [3.8, 4) is 18.1 Å². The molecule has 1 N–H and O–H groups in total. The number of anilines is 1. The van der Waals surface area contributed by atoms with E-state index >= 15 is 0 Å². The van der Waals surface area contributed by atoms with Crippen molar-refractivity contribution < 1.29 is 14.2 Å². The van der Waals surface area contributed by atoms with Crippen LogP contribution in [0.4, 0.5) is 5.69 Å². The van der Waals surface area contributed by atoms with Crippen LogP contribution in [0.3, 0.4) is 0 Å². The maximum Gasteiger partial charge on any atom is 0.132 e. The van der Waals surface area contributed by atoms with Gasteiger partial charge in [0, 0.05) is 24.4 Å². The van der Waals surface area contributed by atoms with Crippen LogP contribution in [-0.4, -0.2) is 24.9 Å². The Morgan fingerprint density at radius 3 is 2.56 bits per heavy atom. The van der Waals surface area contributed by atoms with Crippen molar-refractivity contribution in [3.05, 3.63) is 59.2 Å². The Bertz CT molecular complexity index is 970. The summed E-state index contributed by atoms with van der Waals surface area (Å²) >= 11 is 0. The van der Waals surface area contributed by atoms with Crippen LogP contribution in [0.5, 0.6) is 5.75 Å². The maximum atomic E-state index is 6.59. The van der Waals surface area contributed by atoms with Crippen molar-refractivity contribution in [1.29, 1.82) is 0 Å². The molecule has 182 valence electrons. The third kappa shape index (κ3) is 6.14. The summed E-state index contributed by atoms with van der Waals surface area (Å²) in [5.74, 6) is 4.24. The van der Waals surface area contributed by atoms with E-state index < -0.39 is 5.60 Å². The van der Waals surface area contributed by atoms with E-state index in [1.165, 1.54) is 43.2 Å². The molecule has 2 aliphatic rings. The highest BCUT2D eigenvalue weighted by Gasteiger charge is 2.45. The first-order valence-electron chi connectivity index (χ1n) is 12.8. The SMILES string of the molecule is C#CCOC1C(OCCC2CCCCC2)c2cc(NCc3ccc(C)cc3)ccc2OC1(C)C. The first kappa shape index (κ1) is 24.6. The Labute approximate surface area is 205 Å². The quantitative estimate of drug-likeness (QED) is 0.416. The van der Waals surface area contributed by atoms with Crippen LogP contribution in [0.25, 0.3) is 0 Å². The summed E-state index contributed by atoms with van der Waals surface area (Å²) in [6.45, 7) is 7.93. The normalized spacial score (nSPS) is 21.8. The van der Waals surface area contributed by atoms with E-state index in [1.54, 1.807) is 0 Å². The molecule has 4 rings (SSSR count). The maximum absolute atomic E-state index is 6.59. The largest absolute Gasteiger partial charge is 0.485 e. The number of aryl methyl sites for hydroxylation is 1. The molecule has 2 unspecified atom stereocenters. The predicted molar refractivity (Wildman–Crippen MR) is 138 cm³/mol. The fourth-order valence-electron chi connectivity index (χ4n) is 5.19. The molecule has 2 atom stereocenters. The second kappa shape index (κ2) is 11.3. The summed E-state index contributed by atoms with van der Waals surface area (Å²) in [4.78, 5) is 0. The number of hydrogen-bond acceptors (Lipinski definition) is 4. The van der Waals surface area contributed by atoms with Crippen molar-refractivity contribution in [1.82, 2.24) is 0 Å². The Morgan fingerprint density at radius 1 is 1.06 bits per heavy atom. The molecule has 1 saturated carbocycles. The Kier molecular flexibility index (Phi) is 8.19. The van der Waals surface area contributed by atoms with Crippen LogP contribution >= 0.6 is 0 Å². The Morgan fingerprint density at radius 2 is 1.82 bits per heavy atom. The van der Waals surface area contributed by atoms with Crippen LogP contribution in [-0.2, 0) is 16.0 Å². The lowest BCUT2D eigenvalue weighted by Crippen LogP contribution is -2.51. The van der Waals surface area contributed by atoms with Crippen molar-refractivity contribution in [2.45, 2.75) is 83.6 Å². The monoisotopic (exact) mass is 461 g/mol. The molecule has 1 aliphatic carbocycles. The molecule has 2 aromatic carbocycles. The van der Waals surface area contributed by atoms with Crippen molar-refractivity contribution in [2.75, 3.05) is 18.5 Å². The molecule has 1 fully saturated rings. The molecule has 0 amide bonds. The van der Waals surface area contributed by atoms with E-state index in [-0.39, 0.29) is 18.8 Å². The van der Waals surface area contributed by atoms with Gasteiger partial charge < -0.3 is 19.5 Å². The van der Waals surface area contributed by atoms with Crippen molar-refractivity contribution >= 4 is 5.69 Å². The lowest BCUT2D eigenvalue weighted by molar-refractivity contribution is -0.157. The lowest BCUT2D eigenvalue weighted by Gasteiger charge is -2.44. The van der Waals surface area contributed by atoms with Crippen molar-refractivity contribution in [2.24, 2.45) is 5.92 Å². The summed E-state index contributed by atoms with van der Waals surface area (Å²) in [5, 5.41) is 3.55. The first-order chi connectivity index (χ1) is 16.5. The molecular weight excluding hydrogens is 422 g/mol. The highest BCUT2D eigenvalue weighted by Crippen LogP contribution is 2.44. The zero-order chi connectivity index (χ0) is 24.0. The average molecular weight is 462 g/mol. The Balaban J connectivity index is 1.52. The highest BCUT2D eigenvalue weighted by molar-refractivity contribution is 5.54. The molecule has 0 spiro atoms. The molecule has 2 aromatic rings. The molecule has 0 aromatic heterocycles. The van der Waals surface area contributed by atoms with E-state index in [0.29, 0.717) is 0 Å². The molecular formula is C30H39NO3. The van der Waals surface area contributed by atoms with Crippen LogP contribution in [0.2, 0.25) is 0 Å². The van der Waals surface area contributed by atoms with Crippen LogP contribution in [0.1, 0.15) is 75.2 Å². The van der Waals surface area contributed by atoms with Gasteiger partial charge in [-0.2, -0.15) is 0 Å². The smallest absolute Gasteiger partial charge is 0.132 e. The minimum atomic E-state index is -0.545. The number of fused-ring (bicyclic) bond motifs is 1. The summed E-state index contributed by atoms with van der Waals surface area (Å²) < 4.78 is 19.1. The predicted octanol–water partition coefficient (Wildman–Crippen LogP) is 6.82. The van der Waals surface area contributed by atoms with E-state index in [4.69, 9.17) is 20.6 Å². The third-order valence-electron chi connectivity index (χ3n) is 7.16. The summed E-state index contributed by atoms with van der Waals surface area (Å²) in [6, 6.07) is 14.9. The molecule has 34 heavy (non-hydrogen) atoms. The number of ether oxygens (including phenoxy) is 3. The summed E-state index contributed by atoms with van der Waals surface area (Å²) in [6.07, 6.45) is 12.8. The van der Waals surface area contributed by atoms with Gasteiger partial charge in [0.2, 0.25) is 0 Å². The fraction of sp³-hybridized carbons (Fsp3) is 0.533. The van der Waals surface area contributed by atoms with Gasteiger partial charge >= 0.3 is 0 Å². The molecule has 1 heterocycles. The van der Waals surface area contributed by atoms with E-state index in [1.807, 2.05) is 6.07 Å². The van der Waals surface area contributed by atoms with Gasteiger partial charge in [-0.15, -0.1) is 6.42 Å². The minimum absolute atomic E-state index is 0.225. The second-order valence-electron chi connectivity index (χ2n) is 10.3. The number of benzene rings is 2. The topological polar surface area (TPSA) is 39.7 Å². The highest BCUT2D eigenvalue weighted by atomic mass is 16.6. The van der Waals surface area contributed by atoms with Gasteiger partial charge in [-0.05, 0) is 56.9 Å². The van der Waals surface area contributed by atoms with E-state index in [0.717, 1.165) is 42.5 Å². The first-order valence-corrected chi connectivity index (χ1v) is 12.8. The van der Waals surface area contributed by atoms with Gasteiger partial charge in [-0.1, -0.05) is 67.9 Å². The van der Waals surface area contributed by atoms with Gasteiger partial charge in [0.25, 0.3) is 0 Å². The number of nitrogens with one attached hydrogen (secondary N) is 1. The molecule has 4 heteroatoms. The van der Waals surface area contributed by atoms with Crippen LogP contribution in [0.15, 0.2) is 42.5 Å². The van der Waals surface area contributed by atoms with E-state index in [2.05, 4.69) is 68.4 Å². The third-order valence-corrected chi connectivity index (χ3v) is 7.16. The zero-order valence-electron chi connectivity index (χ0n) is 20.9. The van der Waals surface area contributed by atoms with Gasteiger partial charge in [-0.25, -0.2) is 0 Å². The van der Waals surface area contributed by atoms with Gasteiger partial charge in [-0.3, -0.25) is 0 Å². The van der Waals surface area contributed by atoms with E-state index in [9.17, 15) is 0 Å². The lowest BCUT2D eigenvalue weighted by atomic mass is 9.86. The van der Waals surface area contributed by atoms with Crippen molar-refractivity contribution in [3.63, 3.8) is 0 Å². The summed E-state index contributed by atoms with van der Waals surface area (Å²) in [7, 11) is 0. The fourth-order valence-corrected chi connectivity index (χ4v) is 5.19. The summed E-state index contributed by atoms with van der Waals surface area (Å²) in [5.41, 5.74) is 4.04. The molecule has 0 radical (unpaired) electrons. The second-order valence-corrected chi connectivity index (χ2v) is 10.3. The van der Waals surface area contributed by atoms with Crippen LogP contribution in [0, 0.1) is 25.2 Å². The van der Waals surface area contributed by atoms with Gasteiger partial charge in [0.1, 0.15) is 30.2 Å². The van der Waals surface area contributed by atoms with Gasteiger partial charge in [0.15, 0.2) is 0 Å². The average Bonchev–Trinajstić information content (AvgIpc) is 2.83. The standard InChI is InChI=1S/C30H39NO3/c1-5-18-33-29-28(32-19-17-23-9-7-6-8-10-23)26-20-25(15-16-27(26)34-30(29,3)4)31-21-24-13-11-22(2)12-14-24/h1,11-16,20,23,28-29,31H,6-10,17-19,21H2,2-4H3. The molecule has 0 saturated heterocycles. The molecule has 0 bridgehead atoms. The molecule has 4 nitrogen and oxygen atoms in total. The number of hydrogen-bond donors (Lipinski definition) is 1. The van der Waals surface area contributed by atoms with Crippen LogP contribution < -0.4 is 10.1 Å². The molecule has 1 aliphatic heterocycles. The minimum Gasteiger partial charge on any atom is -0.485 e.